The lowest BCUT2D eigenvalue weighted by Crippen LogP contribution is -2.49. The third kappa shape index (κ3) is 1.93. The predicted molar refractivity (Wildman–Crippen MR) is 64.1 cm³/mol. The topological polar surface area (TPSA) is 59.2 Å². The molecule has 2 aliphatic rings. The molecular weight excluding hydrogens is 214 g/mol. The number of pyridine rings is 1. The molecule has 0 spiro atoms. The van der Waals surface area contributed by atoms with E-state index in [1.165, 1.54) is 0 Å². The summed E-state index contributed by atoms with van der Waals surface area (Å²) in [5, 5.41) is 0. The van der Waals surface area contributed by atoms with Gasteiger partial charge in [-0.1, -0.05) is 0 Å². The Hall–Kier alpha value is -1.42. The van der Waals surface area contributed by atoms with E-state index in [9.17, 15) is 4.79 Å². The molecule has 3 rings (SSSR count). The van der Waals surface area contributed by atoms with E-state index < -0.39 is 0 Å². The maximum Gasteiger partial charge on any atom is 0.223 e. The van der Waals surface area contributed by atoms with Gasteiger partial charge in [-0.3, -0.25) is 9.78 Å². The van der Waals surface area contributed by atoms with Gasteiger partial charge in [-0.15, -0.1) is 0 Å². The highest BCUT2D eigenvalue weighted by Crippen LogP contribution is 2.39. The van der Waals surface area contributed by atoms with E-state index in [2.05, 4.69) is 4.98 Å². The highest BCUT2D eigenvalue weighted by atomic mass is 16.2. The van der Waals surface area contributed by atoms with Crippen molar-refractivity contribution in [1.29, 1.82) is 0 Å². The summed E-state index contributed by atoms with van der Waals surface area (Å²) < 4.78 is 0. The number of amides is 1. The lowest BCUT2D eigenvalue weighted by atomic mass is 9.91. The fraction of sp³-hybridized carbons (Fsp3) is 0.538. The number of nitrogens with two attached hydrogens (primary N) is 1. The zero-order valence-electron chi connectivity index (χ0n) is 9.75. The molecule has 0 aromatic carbocycles. The fourth-order valence-corrected chi connectivity index (χ4v) is 2.69. The minimum Gasteiger partial charge on any atom is -0.331 e. The van der Waals surface area contributed by atoms with Gasteiger partial charge in [-0.25, -0.2) is 0 Å². The van der Waals surface area contributed by atoms with Gasteiger partial charge in [0, 0.05) is 30.9 Å². The number of aromatic nitrogens is 1. The van der Waals surface area contributed by atoms with Gasteiger partial charge in [0.15, 0.2) is 0 Å². The largest absolute Gasteiger partial charge is 0.331 e. The van der Waals surface area contributed by atoms with Gasteiger partial charge in [-0.2, -0.15) is 0 Å². The molecule has 2 atom stereocenters. The lowest BCUT2D eigenvalue weighted by molar-refractivity contribution is -0.138. The Bertz CT molecular complexity index is 416. The van der Waals surface area contributed by atoms with E-state index in [-0.39, 0.29) is 18.0 Å². The predicted octanol–water partition coefficient (Wildman–Crippen LogP) is 1.23. The van der Waals surface area contributed by atoms with Crippen LogP contribution in [0.4, 0.5) is 0 Å². The summed E-state index contributed by atoms with van der Waals surface area (Å²) >= 11 is 0. The van der Waals surface area contributed by atoms with E-state index in [1.807, 2.05) is 17.0 Å². The molecule has 4 heteroatoms. The molecule has 0 radical (unpaired) electrons. The zero-order chi connectivity index (χ0) is 11.8. The first-order chi connectivity index (χ1) is 8.27. The molecule has 2 fully saturated rings. The van der Waals surface area contributed by atoms with E-state index >= 15 is 0 Å². The van der Waals surface area contributed by atoms with E-state index in [0.29, 0.717) is 12.5 Å². The standard InChI is InChI=1S/C13H17N3O/c14-11-3-4-12(17)16(10-1-2-10)13(11)9-5-7-15-8-6-9/h5-8,10-11,13H,1-4,14H2. The van der Waals surface area contributed by atoms with Gasteiger partial charge in [0.25, 0.3) is 0 Å². The Kier molecular flexibility index (Phi) is 2.59. The van der Waals surface area contributed by atoms with Crippen molar-refractivity contribution < 1.29 is 4.79 Å². The minimum atomic E-state index is 0.0479. The quantitative estimate of drug-likeness (QED) is 0.833. The summed E-state index contributed by atoms with van der Waals surface area (Å²) in [6.07, 6.45) is 7.17. The van der Waals surface area contributed by atoms with Crippen molar-refractivity contribution in [3.05, 3.63) is 30.1 Å². The van der Waals surface area contributed by atoms with Gasteiger partial charge >= 0.3 is 0 Å². The second-order valence-corrected chi connectivity index (χ2v) is 4.96. The van der Waals surface area contributed by atoms with Crippen LogP contribution < -0.4 is 5.73 Å². The summed E-state index contributed by atoms with van der Waals surface area (Å²) in [6.45, 7) is 0. The Morgan fingerprint density at radius 2 is 1.94 bits per heavy atom. The summed E-state index contributed by atoms with van der Waals surface area (Å²) in [6, 6.07) is 4.46. The average molecular weight is 231 g/mol. The van der Waals surface area contributed by atoms with Crippen LogP contribution in [0.15, 0.2) is 24.5 Å². The van der Waals surface area contributed by atoms with E-state index in [4.69, 9.17) is 5.73 Å². The SMILES string of the molecule is NC1CCC(=O)N(C2CC2)C1c1ccncc1. The van der Waals surface area contributed by atoms with Gasteiger partial charge in [0.05, 0.1) is 6.04 Å². The van der Waals surface area contributed by atoms with Crippen LogP contribution in [0.1, 0.15) is 37.3 Å². The van der Waals surface area contributed by atoms with Crippen molar-refractivity contribution >= 4 is 5.91 Å². The zero-order valence-corrected chi connectivity index (χ0v) is 9.75. The Morgan fingerprint density at radius 3 is 2.59 bits per heavy atom. The van der Waals surface area contributed by atoms with Crippen LogP contribution in [0.3, 0.4) is 0 Å². The summed E-state index contributed by atoms with van der Waals surface area (Å²) in [7, 11) is 0. The van der Waals surface area contributed by atoms with Crippen LogP contribution in [-0.2, 0) is 4.79 Å². The fourth-order valence-electron chi connectivity index (χ4n) is 2.69. The van der Waals surface area contributed by atoms with Gasteiger partial charge < -0.3 is 10.6 Å². The molecule has 1 aliphatic heterocycles. The Balaban J connectivity index is 1.94. The molecule has 1 aromatic rings. The van der Waals surface area contributed by atoms with Crippen LogP contribution in [0.2, 0.25) is 0 Å². The normalized spacial score (nSPS) is 29.5. The summed E-state index contributed by atoms with van der Waals surface area (Å²) in [4.78, 5) is 18.1. The number of nitrogens with zero attached hydrogens (tertiary/aromatic N) is 2. The Labute approximate surface area is 101 Å². The number of carbonyl (C=O) groups excluding carboxylic acids is 1. The first kappa shape index (κ1) is 10.7. The van der Waals surface area contributed by atoms with Crippen molar-refractivity contribution in [2.75, 3.05) is 0 Å². The summed E-state index contributed by atoms with van der Waals surface area (Å²) in [5.41, 5.74) is 7.33. The number of rotatable bonds is 2. The van der Waals surface area contributed by atoms with E-state index in [1.54, 1.807) is 12.4 Å². The number of hydrogen-bond donors (Lipinski definition) is 1. The highest BCUT2D eigenvalue weighted by Gasteiger charge is 2.42. The monoisotopic (exact) mass is 231 g/mol. The molecule has 2 N–H and O–H groups in total. The van der Waals surface area contributed by atoms with Crippen LogP contribution in [0.25, 0.3) is 0 Å². The molecule has 17 heavy (non-hydrogen) atoms. The van der Waals surface area contributed by atoms with Crippen LogP contribution in [-0.4, -0.2) is 27.9 Å². The minimum absolute atomic E-state index is 0.0479. The molecule has 4 nitrogen and oxygen atoms in total. The lowest BCUT2D eigenvalue weighted by Gasteiger charge is -2.40. The van der Waals surface area contributed by atoms with Crippen molar-refractivity contribution in [2.45, 2.75) is 43.8 Å². The third-order valence-electron chi connectivity index (χ3n) is 3.67. The molecule has 1 aromatic heterocycles. The molecular formula is C13H17N3O. The average Bonchev–Trinajstić information content (AvgIpc) is 3.17. The number of carbonyl (C=O) groups is 1. The first-order valence-electron chi connectivity index (χ1n) is 6.24. The van der Waals surface area contributed by atoms with Crippen molar-refractivity contribution in [2.24, 2.45) is 5.73 Å². The highest BCUT2D eigenvalue weighted by molar-refractivity contribution is 5.78. The summed E-state index contributed by atoms with van der Waals surface area (Å²) in [5.74, 6) is 0.260. The van der Waals surface area contributed by atoms with Crippen molar-refractivity contribution in [3.63, 3.8) is 0 Å². The maximum absolute atomic E-state index is 12.1. The molecule has 1 saturated carbocycles. The third-order valence-corrected chi connectivity index (χ3v) is 3.67. The van der Waals surface area contributed by atoms with E-state index in [0.717, 1.165) is 24.8 Å². The number of piperidine rings is 1. The number of hydrogen-bond acceptors (Lipinski definition) is 3. The van der Waals surface area contributed by atoms with Gasteiger partial charge in [-0.05, 0) is 37.0 Å². The number of likely N-dealkylation sites (tertiary alicyclic amines) is 1. The second-order valence-electron chi connectivity index (χ2n) is 4.96. The molecule has 0 bridgehead atoms. The Morgan fingerprint density at radius 1 is 1.24 bits per heavy atom. The van der Waals surface area contributed by atoms with Crippen LogP contribution in [0.5, 0.6) is 0 Å². The van der Waals surface area contributed by atoms with Gasteiger partial charge in [0.2, 0.25) is 5.91 Å². The van der Waals surface area contributed by atoms with Gasteiger partial charge in [0.1, 0.15) is 0 Å². The van der Waals surface area contributed by atoms with Crippen molar-refractivity contribution in [1.82, 2.24) is 9.88 Å². The molecule has 2 unspecified atom stereocenters. The molecule has 2 heterocycles. The first-order valence-corrected chi connectivity index (χ1v) is 6.24. The molecule has 1 amide bonds. The molecule has 1 saturated heterocycles. The maximum atomic E-state index is 12.1. The van der Waals surface area contributed by atoms with Crippen LogP contribution in [0, 0.1) is 0 Å². The smallest absolute Gasteiger partial charge is 0.223 e. The van der Waals surface area contributed by atoms with Crippen LogP contribution >= 0.6 is 0 Å². The van der Waals surface area contributed by atoms with Crippen molar-refractivity contribution in [3.8, 4) is 0 Å². The molecule has 90 valence electrons. The molecule has 1 aliphatic carbocycles. The second kappa shape index (κ2) is 4.11.